The van der Waals surface area contributed by atoms with Crippen LogP contribution in [-0.2, 0) is 4.74 Å². The smallest absolute Gasteiger partial charge is 0.409 e. The summed E-state index contributed by atoms with van der Waals surface area (Å²) >= 11 is 0. The second kappa shape index (κ2) is 5.00. The zero-order valence-electron chi connectivity index (χ0n) is 11.1. The molecule has 1 N–H and O–H groups in total. The van der Waals surface area contributed by atoms with Crippen LogP contribution >= 0.6 is 0 Å². The monoisotopic (exact) mass is 274 g/mol. The maximum atomic E-state index is 13.4. The van der Waals surface area contributed by atoms with E-state index in [1.807, 2.05) is 12.3 Å². The molecule has 0 unspecified atom stereocenters. The number of benzene rings is 1. The van der Waals surface area contributed by atoms with Crippen LogP contribution in [0.4, 0.5) is 9.18 Å². The van der Waals surface area contributed by atoms with E-state index in [9.17, 15) is 9.18 Å². The molecule has 5 heteroatoms. The van der Waals surface area contributed by atoms with Crippen molar-refractivity contribution in [2.24, 2.45) is 0 Å². The van der Waals surface area contributed by atoms with Crippen molar-refractivity contribution in [3.05, 3.63) is 41.9 Å². The highest BCUT2D eigenvalue weighted by atomic mass is 19.1. The Kier molecular flexibility index (Phi) is 3.18. The topological polar surface area (TPSA) is 45.3 Å². The molecule has 0 spiro atoms. The summed E-state index contributed by atoms with van der Waals surface area (Å²) < 4.78 is 18.1. The number of fused-ring (bicyclic) bond motifs is 1. The van der Waals surface area contributed by atoms with Crippen LogP contribution in [-0.4, -0.2) is 36.2 Å². The van der Waals surface area contributed by atoms with Gasteiger partial charge in [0.1, 0.15) is 5.82 Å². The van der Waals surface area contributed by atoms with Crippen LogP contribution in [0.3, 0.4) is 0 Å². The van der Waals surface area contributed by atoms with Crippen LogP contribution in [0.25, 0.3) is 16.5 Å². The van der Waals surface area contributed by atoms with Gasteiger partial charge in [0, 0.05) is 35.8 Å². The molecule has 1 aliphatic heterocycles. The lowest BCUT2D eigenvalue weighted by Gasteiger charge is -2.25. The summed E-state index contributed by atoms with van der Waals surface area (Å²) in [6, 6.07) is 4.71. The molecule has 4 nitrogen and oxygen atoms in total. The van der Waals surface area contributed by atoms with Crippen molar-refractivity contribution in [1.29, 1.82) is 0 Å². The van der Waals surface area contributed by atoms with Crippen molar-refractivity contribution < 1.29 is 13.9 Å². The molecule has 1 amide bonds. The highest BCUT2D eigenvalue weighted by Crippen LogP contribution is 2.29. The number of aromatic nitrogens is 1. The molecule has 2 aromatic rings. The number of carbonyl (C=O) groups is 1. The Morgan fingerprint density at radius 3 is 3.00 bits per heavy atom. The van der Waals surface area contributed by atoms with E-state index in [0.717, 1.165) is 28.5 Å². The Morgan fingerprint density at radius 2 is 2.30 bits per heavy atom. The van der Waals surface area contributed by atoms with Gasteiger partial charge in [-0.3, -0.25) is 0 Å². The highest BCUT2D eigenvalue weighted by molar-refractivity contribution is 5.93. The van der Waals surface area contributed by atoms with Gasteiger partial charge in [-0.2, -0.15) is 0 Å². The first-order valence-corrected chi connectivity index (χ1v) is 6.48. The number of rotatable bonds is 1. The number of amides is 1. The Bertz CT molecular complexity index is 690. The summed E-state index contributed by atoms with van der Waals surface area (Å²) in [7, 11) is 1.38. The number of hydrogen-bond acceptors (Lipinski definition) is 2. The van der Waals surface area contributed by atoms with E-state index in [4.69, 9.17) is 4.74 Å². The summed E-state index contributed by atoms with van der Waals surface area (Å²) in [5, 5.41) is 0.878. The van der Waals surface area contributed by atoms with E-state index in [1.54, 1.807) is 11.0 Å². The first-order chi connectivity index (χ1) is 9.69. The highest BCUT2D eigenvalue weighted by Gasteiger charge is 2.19. The number of aromatic amines is 1. The average Bonchev–Trinajstić information content (AvgIpc) is 2.89. The molecule has 0 saturated heterocycles. The molecular weight excluding hydrogens is 259 g/mol. The third-order valence-electron chi connectivity index (χ3n) is 3.63. The van der Waals surface area contributed by atoms with Crippen LogP contribution in [0.15, 0.2) is 30.5 Å². The predicted molar refractivity (Wildman–Crippen MR) is 74.8 cm³/mol. The van der Waals surface area contributed by atoms with Crippen molar-refractivity contribution in [3.63, 3.8) is 0 Å². The lowest BCUT2D eigenvalue weighted by Crippen LogP contribution is -2.34. The van der Waals surface area contributed by atoms with Gasteiger partial charge in [-0.25, -0.2) is 9.18 Å². The third-order valence-corrected chi connectivity index (χ3v) is 3.63. The summed E-state index contributed by atoms with van der Waals surface area (Å²) in [5.74, 6) is -0.244. The fraction of sp³-hybridized carbons (Fsp3) is 0.267. The van der Waals surface area contributed by atoms with E-state index < -0.39 is 0 Å². The molecule has 2 heterocycles. The molecule has 0 saturated carbocycles. The van der Waals surface area contributed by atoms with Gasteiger partial charge >= 0.3 is 6.09 Å². The summed E-state index contributed by atoms with van der Waals surface area (Å²) in [5.41, 5.74) is 3.05. The number of H-pyrrole nitrogens is 1. The van der Waals surface area contributed by atoms with Crippen LogP contribution in [0, 0.1) is 5.82 Å². The van der Waals surface area contributed by atoms with Gasteiger partial charge in [0.05, 0.1) is 7.11 Å². The summed E-state index contributed by atoms with van der Waals surface area (Å²) in [4.78, 5) is 16.2. The number of nitrogens with one attached hydrogen (secondary N) is 1. The molecule has 0 bridgehead atoms. The van der Waals surface area contributed by atoms with Crippen molar-refractivity contribution in [2.45, 2.75) is 6.42 Å². The molecule has 1 aromatic carbocycles. The third kappa shape index (κ3) is 2.15. The number of methoxy groups -OCH3 is 1. The molecule has 1 aliphatic rings. The van der Waals surface area contributed by atoms with Crippen LogP contribution in [0.2, 0.25) is 0 Å². The zero-order valence-corrected chi connectivity index (χ0v) is 11.1. The lowest BCUT2D eigenvalue weighted by molar-refractivity contribution is 0.128. The van der Waals surface area contributed by atoms with Crippen LogP contribution in [0.5, 0.6) is 0 Å². The maximum absolute atomic E-state index is 13.4. The minimum atomic E-state index is -0.315. The summed E-state index contributed by atoms with van der Waals surface area (Å²) in [6.07, 6.45) is 4.31. The van der Waals surface area contributed by atoms with Crippen molar-refractivity contribution in [3.8, 4) is 0 Å². The number of nitrogens with zero attached hydrogens (tertiary/aromatic N) is 1. The number of carbonyl (C=O) groups excluding carboxylic acids is 1. The number of halogens is 1. The normalized spacial score (nSPS) is 15.3. The average molecular weight is 274 g/mol. The first kappa shape index (κ1) is 12.7. The molecule has 0 aliphatic carbocycles. The van der Waals surface area contributed by atoms with E-state index in [2.05, 4.69) is 4.98 Å². The molecule has 3 rings (SSSR count). The van der Waals surface area contributed by atoms with E-state index >= 15 is 0 Å². The number of ether oxygens (including phenoxy) is 1. The lowest BCUT2D eigenvalue weighted by atomic mass is 9.99. The number of hydrogen-bond donors (Lipinski definition) is 1. The van der Waals surface area contributed by atoms with E-state index in [0.29, 0.717) is 13.1 Å². The minimum Gasteiger partial charge on any atom is -0.453 e. The van der Waals surface area contributed by atoms with E-state index in [-0.39, 0.29) is 11.9 Å². The van der Waals surface area contributed by atoms with Gasteiger partial charge in [0.15, 0.2) is 0 Å². The standard InChI is InChI=1S/C15H15FN2O2/c1-20-15(19)18-6-4-10(5-7-18)13-9-17-14-3-2-11(16)8-12(13)14/h2-4,8-9,17H,5-7H2,1H3. The molecule has 1 aromatic heterocycles. The largest absolute Gasteiger partial charge is 0.453 e. The molecule has 20 heavy (non-hydrogen) atoms. The van der Waals surface area contributed by atoms with Crippen molar-refractivity contribution in [2.75, 3.05) is 20.2 Å². The van der Waals surface area contributed by atoms with Crippen LogP contribution in [0.1, 0.15) is 12.0 Å². The molecular formula is C15H15FN2O2. The Labute approximate surface area is 115 Å². The van der Waals surface area contributed by atoms with Crippen molar-refractivity contribution >= 4 is 22.6 Å². The van der Waals surface area contributed by atoms with Crippen molar-refractivity contribution in [1.82, 2.24) is 9.88 Å². The molecule has 0 radical (unpaired) electrons. The van der Waals surface area contributed by atoms with Crippen LogP contribution < -0.4 is 0 Å². The second-order valence-electron chi connectivity index (χ2n) is 4.79. The second-order valence-corrected chi connectivity index (χ2v) is 4.79. The SMILES string of the molecule is COC(=O)N1CC=C(c2c[nH]c3ccc(F)cc23)CC1. The quantitative estimate of drug-likeness (QED) is 0.868. The predicted octanol–water partition coefficient (Wildman–Crippen LogP) is 3.16. The molecule has 104 valence electrons. The fourth-order valence-corrected chi connectivity index (χ4v) is 2.57. The van der Waals surface area contributed by atoms with Gasteiger partial charge in [-0.05, 0) is 30.2 Å². The Hall–Kier alpha value is -2.30. The fourth-order valence-electron chi connectivity index (χ4n) is 2.57. The molecule has 0 fully saturated rings. The summed E-state index contributed by atoms with van der Waals surface area (Å²) in [6.45, 7) is 1.13. The zero-order chi connectivity index (χ0) is 14.1. The van der Waals surface area contributed by atoms with E-state index in [1.165, 1.54) is 19.2 Å². The Balaban J connectivity index is 1.91. The first-order valence-electron chi connectivity index (χ1n) is 6.48. The Morgan fingerprint density at radius 1 is 1.45 bits per heavy atom. The van der Waals surface area contributed by atoms with Gasteiger partial charge in [0.2, 0.25) is 0 Å². The maximum Gasteiger partial charge on any atom is 0.409 e. The van der Waals surface area contributed by atoms with Gasteiger partial charge in [0.25, 0.3) is 0 Å². The van der Waals surface area contributed by atoms with Gasteiger partial charge < -0.3 is 14.6 Å². The minimum absolute atomic E-state index is 0.244. The molecule has 0 atom stereocenters. The van der Waals surface area contributed by atoms with Gasteiger partial charge in [-0.15, -0.1) is 0 Å². The van der Waals surface area contributed by atoms with Gasteiger partial charge in [-0.1, -0.05) is 6.08 Å².